The number of carbonyl (C=O) groups is 1. The number of benzene rings is 2. The fourth-order valence-corrected chi connectivity index (χ4v) is 6.66. The Kier molecular flexibility index (Phi) is 5.06. The molecule has 166 valence electrons. The zero-order valence-electron chi connectivity index (χ0n) is 19.0. The maximum atomic E-state index is 12.9. The van der Waals surface area contributed by atoms with Crippen LogP contribution >= 0.6 is 0 Å². The van der Waals surface area contributed by atoms with E-state index in [0.717, 1.165) is 35.4 Å². The minimum atomic E-state index is 0.0681. The molecule has 2 aromatic carbocycles. The van der Waals surface area contributed by atoms with Gasteiger partial charge in [0.2, 0.25) is 0 Å². The Hall–Kier alpha value is -2.59. The molecule has 4 nitrogen and oxygen atoms in total. The molecule has 1 aliphatic carbocycles. The van der Waals surface area contributed by atoms with Crippen LogP contribution in [0.5, 0.6) is 0 Å². The van der Waals surface area contributed by atoms with E-state index < -0.39 is 0 Å². The van der Waals surface area contributed by atoms with Crippen molar-refractivity contribution in [3.8, 4) is 0 Å². The second-order valence-electron chi connectivity index (χ2n) is 10.1. The van der Waals surface area contributed by atoms with Crippen molar-refractivity contribution >= 4 is 16.8 Å². The number of para-hydroxylation sites is 1. The number of hydrogen-bond donors (Lipinski definition) is 1. The second kappa shape index (κ2) is 8.08. The number of fused-ring (bicyclic) bond motifs is 6. The van der Waals surface area contributed by atoms with E-state index in [1.165, 1.54) is 38.6 Å². The minimum absolute atomic E-state index is 0.0681. The summed E-state index contributed by atoms with van der Waals surface area (Å²) in [4.78, 5) is 15.7. The Morgan fingerprint density at radius 3 is 2.25 bits per heavy atom. The van der Waals surface area contributed by atoms with Gasteiger partial charge >= 0.3 is 0 Å². The highest BCUT2D eigenvalue weighted by molar-refractivity contribution is 5.98. The first-order valence-electron chi connectivity index (χ1n) is 12.4. The van der Waals surface area contributed by atoms with E-state index in [-0.39, 0.29) is 5.91 Å². The number of hydrogen-bond acceptors (Lipinski definition) is 2. The smallest absolute Gasteiger partial charge is 0.268 e. The normalized spacial score (nSPS) is 27.0. The first-order valence-corrected chi connectivity index (χ1v) is 12.4. The quantitative estimate of drug-likeness (QED) is 0.563. The summed E-state index contributed by atoms with van der Waals surface area (Å²) in [7, 11) is 1.98. The Morgan fingerprint density at radius 2 is 1.56 bits per heavy atom. The average Bonchev–Trinajstić information content (AvgIpc) is 3.49. The van der Waals surface area contributed by atoms with E-state index in [1.807, 2.05) is 29.8 Å². The van der Waals surface area contributed by atoms with Crippen LogP contribution in [0.3, 0.4) is 0 Å². The summed E-state index contributed by atoms with van der Waals surface area (Å²) in [5.41, 5.74) is 5.05. The highest BCUT2D eigenvalue weighted by Gasteiger charge is 2.43. The molecule has 2 bridgehead atoms. The molecular weight excluding hydrogens is 394 g/mol. The number of nitrogens with one attached hydrogen (secondary N) is 1. The molecule has 32 heavy (non-hydrogen) atoms. The molecule has 2 atom stereocenters. The van der Waals surface area contributed by atoms with Gasteiger partial charge in [0.15, 0.2) is 0 Å². The Balaban J connectivity index is 1.01. The molecule has 1 saturated heterocycles. The van der Waals surface area contributed by atoms with Crippen LogP contribution in [0.2, 0.25) is 0 Å². The van der Waals surface area contributed by atoms with E-state index >= 15 is 0 Å². The molecule has 2 fully saturated rings. The van der Waals surface area contributed by atoms with Gasteiger partial charge in [0.1, 0.15) is 5.69 Å². The predicted molar refractivity (Wildman–Crippen MR) is 129 cm³/mol. The lowest BCUT2D eigenvalue weighted by atomic mass is 9.84. The molecule has 2 unspecified atom stereocenters. The molecule has 0 spiro atoms. The third-order valence-electron chi connectivity index (χ3n) is 8.39. The molecule has 1 saturated carbocycles. The molecule has 3 heterocycles. The van der Waals surface area contributed by atoms with Crippen molar-refractivity contribution in [2.24, 2.45) is 13.0 Å². The summed E-state index contributed by atoms with van der Waals surface area (Å²) in [5, 5.41) is 4.45. The van der Waals surface area contributed by atoms with E-state index in [0.29, 0.717) is 18.1 Å². The summed E-state index contributed by atoms with van der Waals surface area (Å²) in [6, 6.07) is 20.9. The highest BCUT2D eigenvalue weighted by Crippen LogP contribution is 2.53. The second-order valence-corrected chi connectivity index (χ2v) is 10.1. The van der Waals surface area contributed by atoms with Gasteiger partial charge in [-0.25, -0.2) is 0 Å². The van der Waals surface area contributed by atoms with Crippen molar-refractivity contribution in [1.29, 1.82) is 0 Å². The summed E-state index contributed by atoms with van der Waals surface area (Å²) >= 11 is 0. The van der Waals surface area contributed by atoms with Crippen molar-refractivity contribution in [1.82, 2.24) is 14.8 Å². The van der Waals surface area contributed by atoms with Gasteiger partial charge in [-0.1, -0.05) is 42.5 Å². The maximum Gasteiger partial charge on any atom is 0.268 e. The molecule has 1 amide bonds. The van der Waals surface area contributed by atoms with Gasteiger partial charge in [-0.3, -0.25) is 9.69 Å². The summed E-state index contributed by atoms with van der Waals surface area (Å²) in [6.07, 6.45) is 8.63. The average molecular weight is 428 g/mol. The summed E-state index contributed by atoms with van der Waals surface area (Å²) in [6.45, 7) is 1.22. The lowest BCUT2D eigenvalue weighted by Crippen LogP contribution is -2.38. The number of nitrogens with zero attached hydrogens (tertiary/aromatic N) is 2. The van der Waals surface area contributed by atoms with Crippen molar-refractivity contribution in [2.45, 2.75) is 63.1 Å². The van der Waals surface area contributed by atoms with Gasteiger partial charge in [-0.2, -0.15) is 0 Å². The molecule has 1 aromatic heterocycles. The predicted octanol–water partition coefficient (Wildman–Crippen LogP) is 5.75. The molecule has 1 N–H and O–H groups in total. The summed E-state index contributed by atoms with van der Waals surface area (Å²) in [5.74, 6) is 0.863. The van der Waals surface area contributed by atoms with Gasteiger partial charge in [-0.15, -0.1) is 0 Å². The summed E-state index contributed by atoms with van der Waals surface area (Å²) < 4.78 is 2.01. The van der Waals surface area contributed by atoms with Crippen LogP contribution in [0.25, 0.3) is 10.9 Å². The zero-order chi connectivity index (χ0) is 21.7. The number of aryl methyl sites for hydroxylation is 1. The largest absolute Gasteiger partial charge is 0.348 e. The standard InChI is InChI=1S/C28H33N3O/c1-30-24-9-5-2-6-20(24)18-27(30)28(32)29-21-12-10-19(11-13-21)16-17-31-25-14-15-26(31)23-8-4-3-7-22(23)25/h2-9,18-19,21,25-26H,10-17H2,1H3,(H,29,32). The third kappa shape index (κ3) is 3.36. The Morgan fingerprint density at radius 1 is 0.906 bits per heavy atom. The number of rotatable bonds is 5. The van der Waals surface area contributed by atoms with Gasteiger partial charge in [0, 0.05) is 36.1 Å². The van der Waals surface area contributed by atoms with Crippen molar-refractivity contribution in [3.05, 3.63) is 71.4 Å². The molecule has 0 radical (unpaired) electrons. The molecule has 6 rings (SSSR count). The van der Waals surface area contributed by atoms with Crippen LogP contribution in [0.4, 0.5) is 0 Å². The van der Waals surface area contributed by atoms with E-state index in [4.69, 9.17) is 0 Å². The topological polar surface area (TPSA) is 37.3 Å². The molecule has 3 aliphatic rings. The third-order valence-corrected chi connectivity index (χ3v) is 8.39. The van der Waals surface area contributed by atoms with Crippen LogP contribution in [0, 0.1) is 5.92 Å². The van der Waals surface area contributed by atoms with Crippen LogP contribution in [-0.4, -0.2) is 28.0 Å². The maximum absolute atomic E-state index is 12.9. The van der Waals surface area contributed by atoms with Gasteiger partial charge in [0.05, 0.1) is 0 Å². The van der Waals surface area contributed by atoms with E-state index in [1.54, 1.807) is 11.1 Å². The first-order chi connectivity index (χ1) is 15.7. The number of carbonyl (C=O) groups excluding carboxylic acids is 1. The van der Waals surface area contributed by atoms with Crippen LogP contribution in [0.1, 0.15) is 78.6 Å². The van der Waals surface area contributed by atoms with Crippen molar-refractivity contribution in [2.75, 3.05) is 6.54 Å². The fourth-order valence-electron chi connectivity index (χ4n) is 6.66. The van der Waals surface area contributed by atoms with Gasteiger partial charge < -0.3 is 9.88 Å². The van der Waals surface area contributed by atoms with Crippen LogP contribution in [0.15, 0.2) is 54.6 Å². The molecule has 2 aliphatic heterocycles. The first kappa shape index (κ1) is 20.0. The lowest BCUT2D eigenvalue weighted by Gasteiger charge is -2.31. The SMILES string of the molecule is Cn1c(C(=O)NC2CCC(CCN3C4CCC3c3ccccc34)CC2)cc2ccccc21. The monoisotopic (exact) mass is 427 g/mol. The highest BCUT2D eigenvalue weighted by atomic mass is 16.2. The van der Waals surface area contributed by atoms with Crippen LogP contribution < -0.4 is 5.32 Å². The number of amides is 1. The Labute approximate surface area is 190 Å². The van der Waals surface area contributed by atoms with Crippen molar-refractivity contribution < 1.29 is 4.79 Å². The number of aromatic nitrogens is 1. The van der Waals surface area contributed by atoms with Gasteiger partial charge in [0.25, 0.3) is 5.91 Å². The van der Waals surface area contributed by atoms with Gasteiger partial charge in [-0.05, 0) is 80.7 Å². The van der Waals surface area contributed by atoms with Crippen molar-refractivity contribution in [3.63, 3.8) is 0 Å². The zero-order valence-corrected chi connectivity index (χ0v) is 19.0. The van der Waals surface area contributed by atoms with E-state index in [2.05, 4.69) is 46.6 Å². The fraction of sp³-hybridized carbons (Fsp3) is 0.464. The lowest BCUT2D eigenvalue weighted by molar-refractivity contribution is 0.0911. The molecular formula is C28H33N3O. The Bertz CT molecular complexity index is 1110. The molecule has 4 heteroatoms. The molecule has 3 aromatic rings. The van der Waals surface area contributed by atoms with Crippen LogP contribution in [-0.2, 0) is 7.05 Å². The van der Waals surface area contributed by atoms with E-state index in [9.17, 15) is 4.79 Å². The minimum Gasteiger partial charge on any atom is -0.348 e.